The van der Waals surface area contributed by atoms with Crippen molar-refractivity contribution in [2.75, 3.05) is 31.2 Å². The summed E-state index contributed by atoms with van der Waals surface area (Å²) in [7, 11) is 2.19. The van der Waals surface area contributed by atoms with Gasteiger partial charge in [0.05, 0.1) is 0 Å². The van der Waals surface area contributed by atoms with Crippen LogP contribution in [0.5, 0.6) is 0 Å². The molecule has 1 heterocycles. The fraction of sp³-hybridized carbons (Fsp3) is 0.650. The van der Waals surface area contributed by atoms with Crippen molar-refractivity contribution in [3.05, 3.63) is 28.3 Å². The SMILES string of the molecule is CN1CCCC(CSNC(=O)Nc2c3c(cc4c2CCC4)CCC3)C1. The highest BCUT2D eigenvalue weighted by Crippen LogP contribution is 2.38. The van der Waals surface area contributed by atoms with E-state index in [1.54, 1.807) is 11.9 Å². The summed E-state index contributed by atoms with van der Waals surface area (Å²) in [5, 5.41) is 3.21. The summed E-state index contributed by atoms with van der Waals surface area (Å²) in [5.41, 5.74) is 6.87. The van der Waals surface area contributed by atoms with E-state index in [0.29, 0.717) is 5.92 Å². The van der Waals surface area contributed by atoms with Crippen molar-refractivity contribution in [2.45, 2.75) is 51.4 Å². The minimum Gasteiger partial charge on any atom is -0.307 e. The van der Waals surface area contributed by atoms with E-state index in [2.05, 4.69) is 28.1 Å². The normalized spacial score (nSPS) is 22.5. The molecule has 5 heteroatoms. The summed E-state index contributed by atoms with van der Waals surface area (Å²) >= 11 is 1.57. The van der Waals surface area contributed by atoms with E-state index in [9.17, 15) is 4.79 Å². The van der Waals surface area contributed by atoms with Crippen molar-refractivity contribution >= 4 is 23.7 Å². The van der Waals surface area contributed by atoms with Crippen LogP contribution in [0, 0.1) is 5.92 Å². The second-order valence-corrected chi connectivity index (χ2v) is 8.70. The number of carbonyl (C=O) groups is 1. The number of amides is 2. The summed E-state index contributed by atoms with van der Waals surface area (Å²) in [4.78, 5) is 14.9. The van der Waals surface area contributed by atoms with Crippen molar-refractivity contribution in [1.82, 2.24) is 9.62 Å². The Morgan fingerprint density at radius 2 is 1.88 bits per heavy atom. The number of urea groups is 1. The number of aryl methyl sites for hydroxylation is 2. The first-order valence-corrected chi connectivity index (χ1v) is 10.7. The third kappa shape index (κ3) is 3.82. The maximum atomic E-state index is 12.5. The monoisotopic (exact) mass is 359 g/mol. The lowest BCUT2D eigenvalue weighted by atomic mass is 9.99. The van der Waals surface area contributed by atoms with Crippen molar-refractivity contribution in [3.63, 3.8) is 0 Å². The van der Waals surface area contributed by atoms with Gasteiger partial charge in [0.1, 0.15) is 0 Å². The fourth-order valence-corrected chi connectivity index (χ4v) is 5.51. The van der Waals surface area contributed by atoms with Crippen LogP contribution in [0.1, 0.15) is 47.9 Å². The van der Waals surface area contributed by atoms with Gasteiger partial charge in [0.2, 0.25) is 0 Å². The number of rotatable bonds is 4. The van der Waals surface area contributed by atoms with Gasteiger partial charge in [-0.2, -0.15) is 0 Å². The minimum absolute atomic E-state index is 0.0523. The molecule has 0 spiro atoms. The standard InChI is InChI=1S/C20H29N3OS/c1-23-10-4-5-14(12-23)13-25-22-20(24)21-19-17-8-2-6-15(17)11-16-7-3-9-18(16)19/h11,14H,2-10,12-13H2,1H3,(H2,21,22,24). The quantitative estimate of drug-likeness (QED) is 0.804. The number of fused-ring (bicyclic) bond motifs is 2. The summed E-state index contributed by atoms with van der Waals surface area (Å²) < 4.78 is 3.02. The van der Waals surface area contributed by atoms with Gasteiger partial charge in [-0.25, -0.2) is 4.79 Å². The van der Waals surface area contributed by atoms with Gasteiger partial charge >= 0.3 is 6.03 Å². The average Bonchev–Trinajstić information content (AvgIpc) is 3.23. The highest BCUT2D eigenvalue weighted by Gasteiger charge is 2.25. The lowest BCUT2D eigenvalue weighted by Gasteiger charge is -2.29. The zero-order valence-corrected chi connectivity index (χ0v) is 16.0. The Morgan fingerprint density at radius 3 is 2.56 bits per heavy atom. The summed E-state index contributed by atoms with van der Waals surface area (Å²) in [5.74, 6) is 1.69. The lowest BCUT2D eigenvalue weighted by Crippen LogP contribution is -2.34. The summed E-state index contributed by atoms with van der Waals surface area (Å²) in [6, 6.07) is 2.35. The Morgan fingerprint density at radius 1 is 1.16 bits per heavy atom. The topological polar surface area (TPSA) is 44.4 Å². The van der Waals surface area contributed by atoms with Gasteiger partial charge in [0.15, 0.2) is 0 Å². The van der Waals surface area contributed by atoms with E-state index < -0.39 is 0 Å². The molecule has 0 aromatic heterocycles. The van der Waals surface area contributed by atoms with Crippen molar-refractivity contribution in [2.24, 2.45) is 5.92 Å². The molecular weight excluding hydrogens is 330 g/mol. The van der Waals surface area contributed by atoms with E-state index in [1.165, 1.54) is 67.3 Å². The van der Waals surface area contributed by atoms with Crippen LogP contribution in [0.15, 0.2) is 6.07 Å². The maximum absolute atomic E-state index is 12.5. The lowest BCUT2D eigenvalue weighted by molar-refractivity contribution is 0.224. The van der Waals surface area contributed by atoms with Crippen LogP contribution in [0.3, 0.4) is 0 Å². The molecule has 0 bridgehead atoms. The van der Waals surface area contributed by atoms with Gasteiger partial charge in [-0.15, -0.1) is 0 Å². The number of piperidine rings is 1. The molecule has 136 valence electrons. The van der Waals surface area contributed by atoms with Crippen LogP contribution in [0.2, 0.25) is 0 Å². The fourth-order valence-electron chi connectivity index (χ4n) is 4.74. The zero-order chi connectivity index (χ0) is 17.2. The van der Waals surface area contributed by atoms with Crippen LogP contribution in [0.25, 0.3) is 0 Å². The molecule has 1 fully saturated rings. The number of hydrogen-bond acceptors (Lipinski definition) is 3. The van der Waals surface area contributed by atoms with Crippen molar-refractivity contribution in [3.8, 4) is 0 Å². The van der Waals surface area contributed by atoms with Crippen LogP contribution in [0.4, 0.5) is 10.5 Å². The number of hydrogen-bond donors (Lipinski definition) is 2. The molecule has 1 unspecified atom stereocenters. The number of anilines is 1. The maximum Gasteiger partial charge on any atom is 0.329 e. The molecule has 1 atom stereocenters. The van der Waals surface area contributed by atoms with E-state index in [4.69, 9.17) is 0 Å². The Labute approximate surface area is 155 Å². The van der Waals surface area contributed by atoms with Crippen molar-refractivity contribution in [1.29, 1.82) is 0 Å². The Balaban J connectivity index is 1.35. The first-order valence-electron chi connectivity index (χ1n) is 9.74. The molecule has 1 saturated heterocycles. The third-order valence-electron chi connectivity index (χ3n) is 5.92. The largest absolute Gasteiger partial charge is 0.329 e. The highest BCUT2D eigenvalue weighted by molar-refractivity contribution is 7.97. The number of nitrogens with zero attached hydrogens (tertiary/aromatic N) is 1. The molecule has 3 aliphatic rings. The first kappa shape index (κ1) is 17.2. The van der Waals surface area contributed by atoms with Crippen LogP contribution in [-0.2, 0) is 25.7 Å². The van der Waals surface area contributed by atoms with Gasteiger partial charge in [-0.05, 0) is 105 Å². The van der Waals surface area contributed by atoms with E-state index in [1.807, 2.05) is 0 Å². The van der Waals surface area contributed by atoms with Crippen LogP contribution in [-0.4, -0.2) is 36.8 Å². The second kappa shape index (κ2) is 7.58. The smallest absolute Gasteiger partial charge is 0.307 e. The molecule has 2 N–H and O–H groups in total. The molecule has 4 rings (SSSR count). The molecule has 0 radical (unpaired) electrons. The predicted molar refractivity (Wildman–Crippen MR) is 105 cm³/mol. The molecule has 1 aromatic rings. The molecule has 1 aromatic carbocycles. The average molecular weight is 360 g/mol. The van der Waals surface area contributed by atoms with Gasteiger partial charge < -0.3 is 10.2 Å². The molecule has 0 saturated carbocycles. The van der Waals surface area contributed by atoms with Gasteiger partial charge in [-0.3, -0.25) is 4.72 Å². The number of nitrogens with one attached hydrogen (secondary N) is 2. The van der Waals surface area contributed by atoms with E-state index >= 15 is 0 Å². The van der Waals surface area contributed by atoms with Gasteiger partial charge in [-0.1, -0.05) is 6.07 Å². The molecule has 25 heavy (non-hydrogen) atoms. The molecule has 4 nitrogen and oxygen atoms in total. The molecule has 2 amide bonds. The van der Waals surface area contributed by atoms with E-state index in [0.717, 1.165) is 30.8 Å². The third-order valence-corrected chi connectivity index (χ3v) is 6.89. The first-order chi connectivity index (χ1) is 12.2. The van der Waals surface area contributed by atoms with Crippen LogP contribution < -0.4 is 10.0 Å². The van der Waals surface area contributed by atoms with E-state index in [-0.39, 0.29) is 6.03 Å². The predicted octanol–water partition coefficient (Wildman–Crippen LogP) is 3.78. The van der Waals surface area contributed by atoms with Crippen molar-refractivity contribution < 1.29 is 4.79 Å². The molecule has 2 aliphatic carbocycles. The van der Waals surface area contributed by atoms with Gasteiger partial charge in [0, 0.05) is 18.0 Å². The summed E-state index contributed by atoms with van der Waals surface area (Å²) in [6.45, 7) is 2.36. The Hall–Kier alpha value is -1.20. The Bertz CT molecular complexity index is 629. The zero-order valence-electron chi connectivity index (χ0n) is 15.2. The molecular formula is C20H29N3OS. The van der Waals surface area contributed by atoms with Gasteiger partial charge in [0.25, 0.3) is 0 Å². The summed E-state index contributed by atoms with van der Waals surface area (Å²) in [6.07, 6.45) is 9.55. The number of likely N-dealkylation sites (tertiary alicyclic amines) is 1. The highest BCUT2D eigenvalue weighted by atomic mass is 32.2. The molecule has 1 aliphatic heterocycles. The van der Waals surface area contributed by atoms with Crippen LogP contribution >= 0.6 is 11.9 Å². The number of carbonyl (C=O) groups excluding carboxylic acids is 1. The Kier molecular flexibility index (Phi) is 5.23. The number of benzene rings is 1. The second-order valence-electron chi connectivity index (χ2n) is 7.87. The minimum atomic E-state index is -0.0523.